The van der Waals surface area contributed by atoms with Crippen molar-refractivity contribution in [2.45, 2.75) is 31.7 Å². The fourth-order valence-electron chi connectivity index (χ4n) is 2.30. The Morgan fingerprint density at radius 3 is 2.88 bits per heavy atom. The van der Waals surface area contributed by atoms with Gasteiger partial charge in [-0.1, -0.05) is 26.0 Å². The minimum atomic E-state index is -0.816. The van der Waals surface area contributed by atoms with Crippen molar-refractivity contribution in [2.24, 2.45) is 5.92 Å². The van der Waals surface area contributed by atoms with Gasteiger partial charge >= 0.3 is 0 Å². The minimum absolute atomic E-state index is 0.669. The van der Waals surface area contributed by atoms with Crippen molar-refractivity contribution >= 4 is 10.8 Å². The van der Waals surface area contributed by atoms with Crippen LogP contribution in [0, 0.1) is 5.92 Å². The molecule has 17 heavy (non-hydrogen) atoms. The van der Waals surface area contributed by atoms with Crippen LogP contribution in [-0.2, 0) is 23.8 Å². The molecule has 0 saturated heterocycles. The molecule has 0 amide bonds. The van der Waals surface area contributed by atoms with Crippen molar-refractivity contribution in [3.63, 3.8) is 0 Å². The quantitative estimate of drug-likeness (QED) is 0.804. The van der Waals surface area contributed by atoms with Crippen LogP contribution in [0.2, 0.25) is 0 Å². The maximum atomic E-state index is 12.1. The van der Waals surface area contributed by atoms with E-state index >= 15 is 0 Å². The summed E-state index contributed by atoms with van der Waals surface area (Å²) in [5.74, 6) is 1.43. The zero-order valence-corrected chi connectivity index (χ0v) is 11.7. The van der Waals surface area contributed by atoms with Crippen LogP contribution in [0.5, 0.6) is 0 Å². The minimum Gasteiger partial charge on any atom is -0.301 e. The molecule has 0 radical (unpaired) electrons. The van der Waals surface area contributed by atoms with Crippen molar-refractivity contribution < 1.29 is 4.21 Å². The Bertz CT molecular complexity index is 428. The molecule has 1 aliphatic rings. The molecule has 1 aromatic rings. The topological polar surface area (TPSA) is 20.3 Å². The summed E-state index contributed by atoms with van der Waals surface area (Å²) in [6.45, 7) is 6.31. The van der Waals surface area contributed by atoms with Crippen molar-refractivity contribution in [3.8, 4) is 0 Å². The van der Waals surface area contributed by atoms with Crippen LogP contribution in [0.3, 0.4) is 0 Å². The SMILES string of the molecule is CC(C)Cc1ccc2c(c1)CN(C)CCS2=O. The Morgan fingerprint density at radius 1 is 1.41 bits per heavy atom. The molecule has 0 bridgehead atoms. The van der Waals surface area contributed by atoms with Gasteiger partial charge in [0, 0.05) is 23.7 Å². The Kier molecular flexibility index (Phi) is 4.00. The second kappa shape index (κ2) is 5.32. The van der Waals surface area contributed by atoms with Crippen molar-refractivity contribution in [3.05, 3.63) is 29.3 Å². The molecule has 1 aliphatic heterocycles. The van der Waals surface area contributed by atoms with Crippen LogP contribution in [0.4, 0.5) is 0 Å². The highest BCUT2D eigenvalue weighted by Crippen LogP contribution is 2.22. The summed E-state index contributed by atoms with van der Waals surface area (Å²) in [4.78, 5) is 3.30. The van der Waals surface area contributed by atoms with E-state index < -0.39 is 10.8 Å². The van der Waals surface area contributed by atoms with Crippen LogP contribution in [0.1, 0.15) is 25.0 Å². The van der Waals surface area contributed by atoms with E-state index in [-0.39, 0.29) is 0 Å². The van der Waals surface area contributed by atoms with Crippen LogP contribution in [-0.4, -0.2) is 28.5 Å². The largest absolute Gasteiger partial charge is 0.301 e. The summed E-state index contributed by atoms with van der Waals surface area (Å²) in [5.41, 5.74) is 2.62. The average molecular weight is 251 g/mol. The standard InChI is InChI=1S/C14H21NOS/c1-11(2)8-12-4-5-14-13(9-12)10-15(3)6-7-17(14)16/h4-5,9,11H,6-8,10H2,1-3H3. The summed E-state index contributed by atoms with van der Waals surface area (Å²) < 4.78 is 12.1. The molecule has 2 rings (SSSR count). The predicted octanol–water partition coefficient (Wildman–Crippen LogP) is 2.44. The molecular weight excluding hydrogens is 230 g/mol. The molecule has 0 N–H and O–H groups in total. The lowest BCUT2D eigenvalue weighted by molar-refractivity contribution is 0.348. The predicted molar refractivity (Wildman–Crippen MR) is 72.6 cm³/mol. The summed E-state index contributed by atoms with van der Waals surface area (Å²) in [7, 11) is 1.28. The van der Waals surface area contributed by atoms with E-state index in [1.54, 1.807) is 0 Å². The normalized spacial score (nSPS) is 21.3. The Hall–Kier alpha value is -0.670. The van der Waals surface area contributed by atoms with E-state index in [9.17, 15) is 4.21 Å². The fourth-order valence-corrected chi connectivity index (χ4v) is 3.63. The molecule has 0 aromatic heterocycles. The zero-order valence-electron chi connectivity index (χ0n) is 10.9. The lowest BCUT2D eigenvalue weighted by Gasteiger charge is -2.14. The Morgan fingerprint density at radius 2 is 2.18 bits per heavy atom. The molecule has 2 nitrogen and oxygen atoms in total. The second-order valence-electron chi connectivity index (χ2n) is 5.33. The third-order valence-electron chi connectivity index (χ3n) is 3.11. The van der Waals surface area contributed by atoms with Crippen molar-refractivity contribution in [2.75, 3.05) is 19.3 Å². The van der Waals surface area contributed by atoms with Gasteiger partial charge in [0.15, 0.2) is 0 Å². The maximum Gasteiger partial charge on any atom is 0.0545 e. The highest BCUT2D eigenvalue weighted by Gasteiger charge is 2.17. The zero-order chi connectivity index (χ0) is 12.4. The molecule has 0 aliphatic carbocycles. The van der Waals surface area contributed by atoms with E-state index in [1.165, 1.54) is 11.1 Å². The van der Waals surface area contributed by atoms with E-state index in [2.05, 4.69) is 44.0 Å². The van der Waals surface area contributed by atoms with Gasteiger partial charge in [-0.15, -0.1) is 0 Å². The van der Waals surface area contributed by atoms with Crippen LogP contribution in [0.25, 0.3) is 0 Å². The number of rotatable bonds is 2. The molecule has 1 heterocycles. The van der Waals surface area contributed by atoms with Crippen LogP contribution < -0.4 is 0 Å². The maximum absolute atomic E-state index is 12.1. The molecule has 0 spiro atoms. The van der Waals surface area contributed by atoms with Gasteiger partial charge in [-0.25, -0.2) is 0 Å². The van der Waals surface area contributed by atoms with Crippen LogP contribution >= 0.6 is 0 Å². The third kappa shape index (κ3) is 3.17. The first kappa shape index (κ1) is 12.8. The molecule has 94 valence electrons. The van der Waals surface area contributed by atoms with Gasteiger partial charge in [0.1, 0.15) is 0 Å². The first-order chi connectivity index (χ1) is 8.06. The number of hydrogen-bond acceptors (Lipinski definition) is 2. The van der Waals surface area contributed by atoms with E-state index in [4.69, 9.17) is 0 Å². The van der Waals surface area contributed by atoms with E-state index in [0.29, 0.717) is 5.92 Å². The Labute approximate surface area is 106 Å². The summed E-state index contributed by atoms with van der Waals surface area (Å²) >= 11 is 0. The van der Waals surface area contributed by atoms with Gasteiger partial charge in [0.25, 0.3) is 0 Å². The van der Waals surface area contributed by atoms with Crippen LogP contribution in [0.15, 0.2) is 23.1 Å². The molecular formula is C14H21NOS. The number of benzene rings is 1. The first-order valence-corrected chi connectivity index (χ1v) is 7.57. The van der Waals surface area contributed by atoms with Gasteiger partial charge < -0.3 is 4.90 Å². The molecule has 0 fully saturated rings. The molecule has 1 aromatic carbocycles. The van der Waals surface area contributed by atoms with Gasteiger partial charge in [-0.3, -0.25) is 4.21 Å². The summed E-state index contributed by atoms with van der Waals surface area (Å²) in [6, 6.07) is 6.46. The Balaban J connectivity index is 2.32. The number of nitrogens with zero attached hydrogens (tertiary/aromatic N) is 1. The van der Waals surface area contributed by atoms with Gasteiger partial charge in [0.05, 0.1) is 10.8 Å². The molecule has 0 saturated carbocycles. The molecule has 1 unspecified atom stereocenters. The van der Waals surface area contributed by atoms with E-state index in [0.717, 1.165) is 30.2 Å². The van der Waals surface area contributed by atoms with Gasteiger partial charge in [-0.2, -0.15) is 0 Å². The van der Waals surface area contributed by atoms with Gasteiger partial charge in [0.2, 0.25) is 0 Å². The summed E-state index contributed by atoms with van der Waals surface area (Å²) in [6.07, 6.45) is 1.10. The molecule has 1 atom stereocenters. The smallest absolute Gasteiger partial charge is 0.0545 e. The summed E-state index contributed by atoms with van der Waals surface area (Å²) in [5, 5.41) is 0. The fraction of sp³-hybridized carbons (Fsp3) is 0.571. The van der Waals surface area contributed by atoms with Crippen molar-refractivity contribution in [1.82, 2.24) is 4.90 Å². The second-order valence-corrected chi connectivity index (χ2v) is 6.87. The lowest BCUT2D eigenvalue weighted by Crippen LogP contribution is -2.19. The van der Waals surface area contributed by atoms with E-state index in [1.807, 2.05) is 0 Å². The monoisotopic (exact) mass is 251 g/mol. The number of fused-ring (bicyclic) bond motifs is 1. The van der Waals surface area contributed by atoms with Gasteiger partial charge in [-0.05, 0) is 36.6 Å². The number of hydrogen-bond donors (Lipinski definition) is 0. The highest BCUT2D eigenvalue weighted by atomic mass is 32.2. The average Bonchev–Trinajstić information content (AvgIpc) is 2.37. The molecule has 3 heteroatoms. The first-order valence-electron chi connectivity index (χ1n) is 6.25. The van der Waals surface area contributed by atoms with Crippen molar-refractivity contribution in [1.29, 1.82) is 0 Å². The lowest BCUT2D eigenvalue weighted by atomic mass is 10.0. The highest BCUT2D eigenvalue weighted by molar-refractivity contribution is 7.85. The third-order valence-corrected chi connectivity index (χ3v) is 4.55.